The first-order chi connectivity index (χ1) is 6.11. The van der Waals surface area contributed by atoms with Gasteiger partial charge in [0.2, 0.25) is 0 Å². The van der Waals surface area contributed by atoms with Crippen LogP contribution >= 0.6 is 0 Å². The molecule has 0 unspecified atom stereocenters. The summed E-state index contributed by atoms with van der Waals surface area (Å²) in [6.45, 7) is 3.88. The van der Waals surface area contributed by atoms with Gasteiger partial charge < -0.3 is 9.52 Å². The minimum absolute atomic E-state index is 0.226. The normalized spacial score (nSPS) is 10.3. The Kier molecular flexibility index (Phi) is 3.12. The summed E-state index contributed by atoms with van der Waals surface area (Å²) in [4.78, 5) is 10.3. The maximum absolute atomic E-state index is 10.3. The van der Waals surface area contributed by atoms with Crippen molar-refractivity contribution in [3.63, 3.8) is 0 Å². The lowest BCUT2D eigenvalue weighted by molar-refractivity contribution is -0.137. The van der Waals surface area contributed by atoms with E-state index in [1.807, 2.05) is 13.8 Å². The van der Waals surface area contributed by atoms with Crippen molar-refractivity contribution in [1.29, 1.82) is 0 Å². The van der Waals surface area contributed by atoms with E-state index in [9.17, 15) is 4.79 Å². The zero-order valence-corrected chi connectivity index (χ0v) is 7.96. The van der Waals surface area contributed by atoms with E-state index in [0.717, 1.165) is 23.3 Å². The molecule has 1 aromatic heterocycles. The van der Waals surface area contributed by atoms with Gasteiger partial charge in [-0.15, -0.1) is 0 Å². The monoisotopic (exact) mass is 182 g/mol. The van der Waals surface area contributed by atoms with E-state index < -0.39 is 5.97 Å². The van der Waals surface area contributed by atoms with Gasteiger partial charge >= 0.3 is 5.97 Å². The number of carbonyl (C=O) groups is 1. The summed E-state index contributed by atoms with van der Waals surface area (Å²) in [7, 11) is 0. The number of furan rings is 1. The molecule has 0 amide bonds. The number of aryl methyl sites for hydroxylation is 2. The van der Waals surface area contributed by atoms with Gasteiger partial charge in [0.05, 0.1) is 6.26 Å². The van der Waals surface area contributed by atoms with Crippen molar-refractivity contribution in [2.45, 2.75) is 33.1 Å². The minimum Gasteiger partial charge on any atom is -0.481 e. The molecule has 0 saturated heterocycles. The Morgan fingerprint density at radius 3 is 2.69 bits per heavy atom. The molecule has 0 atom stereocenters. The largest absolute Gasteiger partial charge is 0.481 e. The Labute approximate surface area is 77.4 Å². The molecule has 13 heavy (non-hydrogen) atoms. The van der Waals surface area contributed by atoms with Crippen LogP contribution in [0.4, 0.5) is 0 Å². The SMILES string of the molecule is Cc1coc(C)c1CCCC(=O)O. The molecule has 72 valence electrons. The van der Waals surface area contributed by atoms with Crippen LogP contribution in [-0.2, 0) is 11.2 Å². The molecule has 3 heteroatoms. The first-order valence-corrected chi connectivity index (χ1v) is 4.36. The second-order valence-electron chi connectivity index (χ2n) is 3.20. The van der Waals surface area contributed by atoms with Crippen molar-refractivity contribution in [2.75, 3.05) is 0 Å². The Morgan fingerprint density at radius 2 is 2.23 bits per heavy atom. The molecular weight excluding hydrogens is 168 g/mol. The summed E-state index contributed by atoms with van der Waals surface area (Å²) < 4.78 is 5.21. The summed E-state index contributed by atoms with van der Waals surface area (Å²) >= 11 is 0. The highest BCUT2D eigenvalue weighted by Gasteiger charge is 2.06. The van der Waals surface area contributed by atoms with Crippen molar-refractivity contribution in [2.24, 2.45) is 0 Å². The molecule has 1 N–H and O–H groups in total. The van der Waals surface area contributed by atoms with Gasteiger partial charge in [0.1, 0.15) is 5.76 Å². The highest BCUT2D eigenvalue weighted by molar-refractivity contribution is 5.66. The first kappa shape index (κ1) is 9.84. The van der Waals surface area contributed by atoms with Crippen LogP contribution in [0.25, 0.3) is 0 Å². The highest BCUT2D eigenvalue weighted by Crippen LogP contribution is 2.17. The summed E-state index contributed by atoms with van der Waals surface area (Å²) in [5.74, 6) is 0.168. The quantitative estimate of drug-likeness (QED) is 0.777. The Balaban J connectivity index is 2.49. The van der Waals surface area contributed by atoms with Crippen molar-refractivity contribution in [1.82, 2.24) is 0 Å². The first-order valence-electron chi connectivity index (χ1n) is 4.36. The molecule has 1 heterocycles. The van der Waals surface area contributed by atoms with E-state index in [1.165, 1.54) is 0 Å². The van der Waals surface area contributed by atoms with Crippen LogP contribution in [0.2, 0.25) is 0 Å². The maximum atomic E-state index is 10.3. The predicted molar refractivity (Wildman–Crippen MR) is 48.8 cm³/mol. The van der Waals surface area contributed by atoms with Gasteiger partial charge in [-0.25, -0.2) is 0 Å². The van der Waals surface area contributed by atoms with Crippen LogP contribution in [0.1, 0.15) is 29.7 Å². The number of carboxylic acids is 1. The number of aliphatic carboxylic acids is 1. The second kappa shape index (κ2) is 4.12. The third kappa shape index (κ3) is 2.61. The van der Waals surface area contributed by atoms with Crippen molar-refractivity contribution >= 4 is 5.97 Å². The number of hydrogen-bond donors (Lipinski definition) is 1. The van der Waals surface area contributed by atoms with Gasteiger partial charge in [0.25, 0.3) is 0 Å². The Morgan fingerprint density at radius 1 is 1.54 bits per heavy atom. The van der Waals surface area contributed by atoms with Crippen molar-refractivity contribution < 1.29 is 14.3 Å². The third-order valence-corrected chi connectivity index (χ3v) is 2.13. The molecule has 0 radical (unpaired) electrons. The molecule has 0 spiro atoms. The molecule has 1 rings (SSSR count). The zero-order chi connectivity index (χ0) is 9.84. The van der Waals surface area contributed by atoms with Gasteiger partial charge in [-0.05, 0) is 37.8 Å². The average molecular weight is 182 g/mol. The molecule has 0 aliphatic carbocycles. The van der Waals surface area contributed by atoms with E-state index >= 15 is 0 Å². The Bertz CT molecular complexity index is 280. The lowest BCUT2D eigenvalue weighted by Gasteiger charge is -1.98. The molecule has 0 bridgehead atoms. The molecule has 0 aliphatic rings. The summed E-state index contributed by atoms with van der Waals surface area (Å²) in [5.41, 5.74) is 2.27. The van der Waals surface area contributed by atoms with Gasteiger partial charge in [0, 0.05) is 6.42 Å². The fraction of sp³-hybridized carbons (Fsp3) is 0.500. The molecule has 1 aromatic rings. The van der Waals surface area contributed by atoms with Gasteiger partial charge in [0.15, 0.2) is 0 Å². The highest BCUT2D eigenvalue weighted by atomic mass is 16.4. The smallest absolute Gasteiger partial charge is 0.303 e. The fourth-order valence-electron chi connectivity index (χ4n) is 1.39. The topological polar surface area (TPSA) is 50.4 Å². The van der Waals surface area contributed by atoms with Gasteiger partial charge in [-0.3, -0.25) is 4.79 Å². The second-order valence-corrected chi connectivity index (χ2v) is 3.20. The Hall–Kier alpha value is -1.25. The van der Waals surface area contributed by atoms with Gasteiger partial charge in [-0.2, -0.15) is 0 Å². The molecule has 3 nitrogen and oxygen atoms in total. The van der Waals surface area contributed by atoms with Crippen LogP contribution in [-0.4, -0.2) is 11.1 Å². The van der Waals surface area contributed by atoms with Crippen LogP contribution in [0, 0.1) is 13.8 Å². The van der Waals surface area contributed by atoms with Crippen LogP contribution in [0.5, 0.6) is 0 Å². The van der Waals surface area contributed by atoms with E-state index in [2.05, 4.69) is 0 Å². The molecule has 0 saturated carbocycles. The van der Waals surface area contributed by atoms with Crippen molar-refractivity contribution in [3.05, 3.63) is 23.2 Å². The van der Waals surface area contributed by atoms with E-state index in [1.54, 1.807) is 6.26 Å². The van der Waals surface area contributed by atoms with E-state index in [0.29, 0.717) is 6.42 Å². The lowest BCUT2D eigenvalue weighted by atomic mass is 10.1. The van der Waals surface area contributed by atoms with E-state index in [-0.39, 0.29) is 6.42 Å². The molecular formula is C10H14O3. The minimum atomic E-state index is -0.737. The van der Waals surface area contributed by atoms with Crippen LogP contribution in [0.15, 0.2) is 10.7 Å². The maximum Gasteiger partial charge on any atom is 0.303 e. The summed E-state index contributed by atoms with van der Waals surface area (Å²) in [6.07, 6.45) is 3.41. The number of carboxylic acid groups (broad SMARTS) is 1. The zero-order valence-electron chi connectivity index (χ0n) is 7.96. The average Bonchev–Trinajstić information content (AvgIpc) is 2.34. The fourth-order valence-corrected chi connectivity index (χ4v) is 1.39. The number of hydrogen-bond acceptors (Lipinski definition) is 2. The van der Waals surface area contributed by atoms with Crippen molar-refractivity contribution in [3.8, 4) is 0 Å². The van der Waals surface area contributed by atoms with Crippen LogP contribution in [0.3, 0.4) is 0 Å². The molecule has 0 aromatic carbocycles. The third-order valence-electron chi connectivity index (χ3n) is 2.13. The standard InChI is InChI=1S/C10H14O3/c1-7-6-13-8(2)9(7)4-3-5-10(11)12/h6H,3-5H2,1-2H3,(H,11,12). The van der Waals surface area contributed by atoms with Gasteiger partial charge in [-0.1, -0.05) is 0 Å². The molecule has 0 aliphatic heterocycles. The summed E-state index contributed by atoms with van der Waals surface area (Å²) in [5, 5.41) is 8.46. The van der Waals surface area contributed by atoms with Crippen LogP contribution < -0.4 is 0 Å². The molecule has 0 fully saturated rings. The summed E-state index contributed by atoms with van der Waals surface area (Å²) in [6, 6.07) is 0. The lowest BCUT2D eigenvalue weighted by Crippen LogP contribution is -1.96. The number of rotatable bonds is 4. The van der Waals surface area contributed by atoms with E-state index in [4.69, 9.17) is 9.52 Å². The predicted octanol–water partition coefficient (Wildman–Crippen LogP) is 2.30.